The van der Waals surface area contributed by atoms with Crippen LogP contribution in [0.1, 0.15) is 19.3 Å². The van der Waals surface area contributed by atoms with Gasteiger partial charge in [-0.1, -0.05) is 6.42 Å². The van der Waals surface area contributed by atoms with E-state index >= 15 is 0 Å². The third-order valence-electron chi connectivity index (χ3n) is 4.75. The molecule has 0 aromatic heterocycles. The summed E-state index contributed by atoms with van der Waals surface area (Å²) in [6.07, 6.45) is 2.34. The van der Waals surface area contributed by atoms with Crippen LogP contribution in [-0.4, -0.2) is 35.1 Å². The van der Waals surface area contributed by atoms with Crippen molar-refractivity contribution in [1.82, 2.24) is 4.90 Å². The molecule has 118 valence electrons. The molecule has 0 radical (unpaired) electrons. The Labute approximate surface area is 135 Å². The summed E-state index contributed by atoms with van der Waals surface area (Å²) in [6.45, 7) is 0.662. The monoisotopic (exact) mass is 370 g/mol. The lowest BCUT2D eigenvalue weighted by atomic mass is 9.81. The predicted octanol–water partition coefficient (Wildman–Crippen LogP) is 3.31. The van der Waals surface area contributed by atoms with Crippen LogP contribution in [0.25, 0.3) is 0 Å². The van der Waals surface area contributed by atoms with Crippen molar-refractivity contribution in [3.8, 4) is 0 Å². The lowest BCUT2D eigenvalue weighted by Crippen LogP contribution is -2.38. The normalized spacial score (nSPS) is 26.8. The Balaban J connectivity index is 1.71. The van der Waals surface area contributed by atoms with Gasteiger partial charge in [-0.25, -0.2) is 9.18 Å². The summed E-state index contributed by atoms with van der Waals surface area (Å²) in [5.74, 6) is -1.27. The summed E-state index contributed by atoms with van der Waals surface area (Å²) < 4.78 is 13.8. The summed E-state index contributed by atoms with van der Waals surface area (Å²) >= 11 is 3.05. The lowest BCUT2D eigenvalue weighted by Gasteiger charge is -2.23. The van der Waals surface area contributed by atoms with Gasteiger partial charge in [-0.05, 0) is 52.9 Å². The zero-order valence-corrected chi connectivity index (χ0v) is 13.4. The predicted molar refractivity (Wildman–Crippen MR) is 82.1 cm³/mol. The fraction of sp³-hybridized carbons (Fsp3) is 0.467. The molecule has 2 aliphatic rings. The Morgan fingerprint density at radius 1 is 1.45 bits per heavy atom. The van der Waals surface area contributed by atoms with Gasteiger partial charge >= 0.3 is 12.0 Å². The number of carboxylic acids is 1. The number of rotatable bonds is 2. The Bertz CT molecular complexity index is 639. The third kappa shape index (κ3) is 2.47. The molecular formula is C15H16BrFN2O3. The molecule has 7 heteroatoms. The van der Waals surface area contributed by atoms with Crippen LogP contribution >= 0.6 is 15.9 Å². The Kier molecular flexibility index (Phi) is 3.84. The van der Waals surface area contributed by atoms with E-state index in [9.17, 15) is 19.1 Å². The molecule has 1 aromatic rings. The van der Waals surface area contributed by atoms with Crippen molar-refractivity contribution >= 4 is 33.6 Å². The number of fused-ring (bicyclic) bond motifs is 1. The minimum absolute atomic E-state index is 0.0115. The number of aliphatic carboxylic acids is 1. The van der Waals surface area contributed by atoms with Crippen LogP contribution in [0.4, 0.5) is 14.9 Å². The molecule has 0 unspecified atom stereocenters. The number of hydrogen-bond donors (Lipinski definition) is 2. The van der Waals surface area contributed by atoms with Crippen molar-refractivity contribution in [1.29, 1.82) is 0 Å². The average Bonchev–Trinajstić information content (AvgIpc) is 3.00. The number of urea groups is 1. The number of halogens is 2. The first-order chi connectivity index (χ1) is 10.4. The SMILES string of the molecule is O=C(Nc1ccc(Br)c(F)c1)N1C[C@@H]2CCC[C@@]2(C(=O)O)C1. The molecule has 1 saturated carbocycles. The molecule has 1 saturated heterocycles. The van der Waals surface area contributed by atoms with Crippen LogP contribution in [0.15, 0.2) is 22.7 Å². The topological polar surface area (TPSA) is 69.6 Å². The van der Waals surface area contributed by atoms with Gasteiger partial charge in [-0.3, -0.25) is 4.79 Å². The van der Waals surface area contributed by atoms with Gasteiger partial charge in [0.1, 0.15) is 5.82 Å². The fourth-order valence-electron chi connectivity index (χ4n) is 3.57. The van der Waals surface area contributed by atoms with E-state index in [1.165, 1.54) is 17.0 Å². The highest BCUT2D eigenvalue weighted by Crippen LogP contribution is 2.48. The molecule has 2 fully saturated rings. The maximum absolute atomic E-state index is 13.5. The number of benzene rings is 1. The first kappa shape index (κ1) is 15.3. The lowest BCUT2D eigenvalue weighted by molar-refractivity contribution is -0.149. The number of nitrogens with one attached hydrogen (secondary N) is 1. The summed E-state index contributed by atoms with van der Waals surface area (Å²) in [6, 6.07) is 3.96. The zero-order valence-electron chi connectivity index (χ0n) is 11.8. The maximum Gasteiger partial charge on any atom is 0.321 e. The highest BCUT2D eigenvalue weighted by molar-refractivity contribution is 9.10. The van der Waals surface area contributed by atoms with Gasteiger partial charge in [0.05, 0.1) is 9.89 Å². The molecule has 1 aromatic carbocycles. The molecule has 0 bridgehead atoms. The van der Waals surface area contributed by atoms with Crippen molar-refractivity contribution in [3.63, 3.8) is 0 Å². The quantitative estimate of drug-likeness (QED) is 0.838. The number of likely N-dealkylation sites (tertiary alicyclic amines) is 1. The van der Waals surface area contributed by atoms with Crippen LogP contribution in [-0.2, 0) is 4.79 Å². The second kappa shape index (κ2) is 5.53. The minimum Gasteiger partial charge on any atom is -0.481 e. The number of hydrogen-bond acceptors (Lipinski definition) is 2. The summed E-state index contributed by atoms with van der Waals surface area (Å²) in [5.41, 5.74) is -0.449. The van der Waals surface area contributed by atoms with Crippen LogP contribution in [0, 0.1) is 17.2 Å². The number of nitrogens with zero attached hydrogens (tertiary/aromatic N) is 1. The molecular weight excluding hydrogens is 355 g/mol. The number of amides is 2. The van der Waals surface area contributed by atoms with Gasteiger partial charge in [-0.15, -0.1) is 0 Å². The zero-order chi connectivity index (χ0) is 15.9. The summed E-state index contributed by atoms with van der Waals surface area (Å²) in [7, 11) is 0. The van der Waals surface area contributed by atoms with E-state index < -0.39 is 17.2 Å². The first-order valence-corrected chi connectivity index (χ1v) is 7.96. The molecule has 2 amide bonds. The van der Waals surface area contributed by atoms with Gasteiger partial charge < -0.3 is 15.3 Å². The highest BCUT2D eigenvalue weighted by atomic mass is 79.9. The van der Waals surface area contributed by atoms with Crippen molar-refractivity contribution < 1.29 is 19.1 Å². The first-order valence-electron chi connectivity index (χ1n) is 7.17. The fourth-order valence-corrected chi connectivity index (χ4v) is 3.82. The summed E-state index contributed by atoms with van der Waals surface area (Å²) in [4.78, 5) is 25.4. The second-order valence-corrected chi connectivity index (χ2v) is 6.84. The third-order valence-corrected chi connectivity index (χ3v) is 5.40. The van der Waals surface area contributed by atoms with Gasteiger partial charge in [0.25, 0.3) is 0 Å². The molecule has 1 heterocycles. The molecule has 3 rings (SSSR count). The molecule has 2 atom stereocenters. The van der Waals surface area contributed by atoms with Gasteiger partial charge in [-0.2, -0.15) is 0 Å². The van der Waals surface area contributed by atoms with Crippen molar-refractivity contribution in [2.45, 2.75) is 19.3 Å². The Morgan fingerprint density at radius 3 is 2.86 bits per heavy atom. The van der Waals surface area contributed by atoms with E-state index in [0.717, 1.165) is 12.8 Å². The van der Waals surface area contributed by atoms with Crippen LogP contribution in [0.3, 0.4) is 0 Å². The van der Waals surface area contributed by atoms with Crippen molar-refractivity contribution in [2.75, 3.05) is 18.4 Å². The number of carbonyl (C=O) groups excluding carboxylic acids is 1. The van der Waals surface area contributed by atoms with Crippen LogP contribution in [0.2, 0.25) is 0 Å². The van der Waals surface area contributed by atoms with Gasteiger partial charge in [0.2, 0.25) is 0 Å². The number of carbonyl (C=O) groups is 2. The molecule has 22 heavy (non-hydrogen) atoms. The standard InChI is InChI=1S/C15H16BrFN2O3/c16-11-4-3-10(6-12(11)17)18-14(22)19-7-9-2-1-5-15(9,8-19)13(20)21/h3-4,6,9H,1-2,5,7-8H2,(H,18,22)(H,20,21)/t9-,15+/m0/s1. The average molecular weight is 371 g/mol. The Hall–Kier alpha value is -1.63. The van der Waals surface area contributed by atoms with Gasteiger partial charge in [0.15, 0.2) is 0 Å². The molecule has 0 spiro atoms. The largest absolute Gasteiger partial charge is 0.481 e. The minimum atomic E-state index is -0.819. The number of anilines is 1. The smallest absolute Gasteiger partial charge is 0.321 e. The van der Waals surface area contributed by atoms with E-state index in [0.29, 0.717) is 23.1 Å². The van der Waals surface area contributed by atoms with E-state index in [1.54, 1.807) is 6.07 Å². The van der Waals surface area contributed by atoms with Crippen molar-refractivity contribution in [3.05, 3.63) is 28.5 Å². The Morgan fingerprint density at radius 2 is 2.23 bits per heavy atom. The van der Waals surface area contributed by atoms with Gasteiger partial charge in [0, 0.05) is 18.8 Å². The molecule has 1 aliphatic carbocycles. The number of carboxylic acid groups (broad SMARTS) is 1. The van der Waals surface area contributed by atoms with Crippen molar-refractivity contribution in [2.24, 2.45) is 11.3 Å². The maximum atomic E-state index is 13.5. The van der Waals surface area contributed by atoms with Crippen LogP contribution < -0.4 is 5.32 Å². The molecule has 5 nitrogen and oxygen atoms in total. The highest BCUT2D eigenvalue weighted by Gasteiger charge is 2.55. The second-order valence-electron chi connectivity index (χ2n) is 5.99. The summed E-state index contributed by atoms with van der Waals surface area (Å²) in [5, 5.41) is 12.1. The molecule has 1 aliphatic heterocycles. The molecule has 2 N–H and O–H groups in total. The van der Waals surface area contributed by atoms with Crippen LogP contribution in [0.5, 0.6) is 0 Å². The van der Waals surface area contributed by atoms with E-state index in [-0.39, 0.29) is 18.5 Å². The van der Waals surface area contributed by atoms with E-state index in [4.69, 9.17) is 0 Å². The van der Waals surface area contributed by atoms with E-state index in [1.807, 2.05) is 0 Å². The van der Waals surface area contributed by atoms with E-state index in [2.05, 4.69) is 21.2 Å².